The number of para-hydroxylation sites is 1. The summed E-state index contributed by atoms with van der Waals surface area (Å²) in [6, 6.07) is 34.1. The third kappa shape index (κ3) is 3.87. The van der Waals surface area contributed by atoms with Gasteiger partial charge in [0.25, 0.3) is 0 Å². The van der Waals surface area contributed by atoms with Crippen molar-refractivity contribution in [1.82, 2.24) is 19.7 Å². The molecule has 2 heterocycles. The molecule has 6 aromatic rings. The molecule has 0 saturated carbocycles. The number of fused-ring (bicyclic) bond motifs is 1. The second-order valence-corrected chi connectivity index (χ2v) is 7.79. The van der Waals surface area contributed by atoms with E-state index in [1.807, 2.05) is 35.8 Å². The Hall–Kier alpha value is -3.86. The van der Waals surface area contributed by atoms with Gasteiger partial charge in [0.1, 0.15) is 6.33 Å². The number of rotatable bonds is 4. The number of nitrogens with zero attached hydrogens (tertiary/aromatic N) is 4. The molecule has 6 heteroatoms. The molecule has 0 unspecified atom stereocenters. The summed E-state index contributed by atoms with van der Waals surface area (Å²) in [6.45, 7) is 1.84. The van der Waals surface area contributed by atoms with Crippen molar-refractivity contribution in [2.24, 2.45) is 0 Å². The first-order chi connectivity index (χ1) is 16.3. The molecule has 6 rings (SSSR count). The molecule has 167 valence electrons. The van der Waals surface area contributed by atoms with E-state index in [0.717, 1.165) is 39.0 Å². The molecule has 0 N–H and O–H groups in total. The smallest absolute Gasteiger partial charge is 0.180 e. The van der Waals surface area contributed by atoms with E-state index in [1.165, 1.54) is 0 Å². The van der Waals surface area contributed by atoms with Crippen molar-refractivity contribution in [3.8, 4) is 39.3 Å². The Bertz CT molecular complexity index is 1510. The normalized spacial score (nSPS) is 10.9. The van der Waals surface area contributed by atoms with Crippen molar-refractivity contribution in [2.75, 3.05) is 0 Å². The van der Waals surface area contributed by atoms with Gasteiger partial charge >= 0.3 is 0 Å². The zero-order valence-electron chi connectivity index (χ0n) is 18.3. The van der Waals surface area contributed by atoms with Crippen LogP contribution in [0.4, 0.5) is 0 Å². The summed E-state index contributed by atoms with van der Waals surface area (Å²) < 4.78 is 7.66. The van der Waals surface area contributed by atoms with Gasteiger partial charge < -0.3 is 8.98 Å². The molecular weight excluding hydrogens is 601 g/mol. The van der Waals surface area contributed by atoms with Gasteiger partial charge in [-0.15, -0.1) is 28.9 Å². The van der Waals surface area contributed by atoms with E-state index in [1.54, 1.807) is 6.33 Å². The van der Waals surface area contributed by atoms with Crippen LogP contribution in [0.1, 0.15) is 5.89 Å². The fraction of sp³-hybridized carbons (Fsp3) is 0.0357. The van der Waals surface area contributed by atoms with Gasteiger partial charge in [-0.2, -0.15) is 5.10 Å². The largest absolute Gasteiger partial charge is 0.488 e. The Balaban J connectivity index is 0.00000241. The summed E-state index contributed by atoms with van der Waals surface area (Å²) in [5, 5.41) is 8.75. The van der Waals surface area contributed by atoms with Gasteiger partial charge in [0.2, 0.25) is 0 Å². The van der Waals surface area contributed by atoms with E-state index in [-0.39, 0.29) is 20.1 Å². The van der Waals surface area contributed by atoms with Crippen LogP contribution in [-0.2, 0) is 20.1 Å². The predicted molar refractivity (Wildman–Crippen MR) is 129 cm³/mol. The molecule has 0 aliphatic carbocycles. The number of hydrogen-bond acceptors (Lipinski definition) is 4. The maximum Gasteiger partial charge on any atom is 0.180 e. The van der Waals surface area contributed by atoms with E-state index in [4.69, 9.17) is 4.42 Å². The molecule has 4 aromatic carbocycles. The van der Waals surface area contributed by atoms with E-state index >= 15 is 0 Å². The van der Waals surface area contributed by atoms with Crippen LogP contribution in [-0.4, -0.2) is 19.7 Å². The van der Waals surface area contributed by atoms with Crippen molar-refractivity contribution in [3.63, 3.8) is 0 Å². The van der Waals surface area contributed by atoms with Crippen LogP contribution in [0.3, 0.4) is 0 Å². The maximum atomic E-state index is 5.62. The summed E-state index contributed by atoms with van der Waals surface area (Å²) in [7, 11) is 0. The Kier molecular flexibility index (Phi) is 5.93. The Morgan fingerprint density at radius 2 is 1.47 bits per heavy atom. The van der Waals surface area contributed by atoms with E-state index in [2.05, 4.69) is 88.0 Å². The van der Waals surface area contributed by atoms with Crippen LogP contribution in [0.5, 0.6) is 0 Å². The first-order valence-corrected chi connectivity index (χ1v) is 10.7. The minimum atomic E-state index is 0. The molecule has 0 aliphatic heterocycles. The molecule has 0 amide bonds. The van der Waals surface area contributed by atoms with Crippen LogP contribution in [0.15, 0.2) is 102 Å². The molecule has 0 bridgehead atoms. The number of aryl methyl sites for hydroxylation is 1. The maximum absolute atomic E-state index is 5.62. The number of benzene rings is 4. The van der Waals surface area contributed by atoms with Crippen LogP contribution in [0.25, 0.3) is 50.4 Å². The molecule has 0 aliphatic rings. The summed E-state index contributed by atoms with van der Waals surface area (Å²) >= 11 is 0. The Morgan fingerprint density at radius 3 is 2.12 bits per heavy atom. The molecule has 34 heavy (non-hydrogen) atoms. The molecule has 1 radical (unpaired) electrons. The van der Waals surface area contributed by atoms with Gasteiger partial charge in [0.15, 0.2) is 5.89 Å². The van der Waals surface area contributed by atoms with Crippen molar-refractivity contribution in [3.05, 3.63) is 109 Å². The second-order valence-electron chi connectivity index (χ2n) is 7.79. The van der Waals surface area contributed by atoms with Gasteiger partial charge in [-0.05, 0) is 11.1 Å². The molecule has 0 spiro atoms. The molecule has 0 atom stereocenters. The molecule has 0 saturated heterocycles. The van der Waals surface area contributed by atoms with E-state index in [0.29, 0.717) is 17.3 Å². The zero-order chi connectivity index (χ0) is 22.2. The average Bonchev–Trinajstić information content (AvgIpc) is 3.50. The van der Waals surface area contributed by atoms with E-state index < -0.39 is 0 Å². The predicted octanol–water partition coefficient (Wildman–Crippen LogP) is 6.52. The SMILES string of the molecule is Cc1nc2cc(-c3nncn3-c3c(-c4ccccc4)cccc3-c3ccccc3)[c-]cc2o1.[Ir]. The van der Waals surface area contributed by atoms with Gasteiger partial charge in [-0.1, -0.05) is 78.9 Å². The second kappa shape index (κ2) is 9.18. The van der Waals surface area contributed by atoms with Crippen LogP contribution < -0.4 is 0 Å². The average molecular weight is 620 g/mol. The molecule has 0 fully saturated rings. The number of aromatic nitrogens is 4. The van der Waals surface area contributed by atoms with Gasteiger partial charge in [-0.3, -0.25) is 0 Å². The summed E-state index contributed by atoms with van der Waals surface area (Å²) in [5.41, 5.74) is 7.73. The van der Waals surface area contributed by atoms with Crippen LogP contribution >= 0.6 is 0 Å². The Morgan fingerprint density at radius 1 is 0.824 bits per heavy atom. The minimum absolute atomic E-state index is 0. The fourth-order valence-electron chi connectivity index (χ4n) is 4.20. The van der Waals surface area contributed by atoms with Crippen molar-refractivity contribution < 1.29 is 24.5 Å². The monoisotopic (exact) mass is 620 g/mol. The van der Waals surface area contributed by atoms with Gasteiger partial charge in [0.05, 0.1) is 17.1 Å². The van der Waals surface area contributed by atoms with E-state index in [9.17, 15) is 0 Å². The Labute approximate surface area is 210 Å². The number of oxazole rings is 1. The van der Waals surface area contributed by atoms with Crippen LogP contribution in [0, 0.1) is 13.0 Å². The topological polar surface area (TPSA) is 56.7 Å². The third-order valence-electron chi connectivity index (χ3n) is 5.66. The fourth-order valence-corrected chi connectivity index (χ4v) is 4.20. The standard InChI is InChI=1S/C28H19N4O.Ir/c1-19-30-25-17-22(15-16-26(25)33-19)28-31-29-18-32(28)27-23(20-9-4-2-5-10-20)13-8-14-24(27)21-11-6-3-7-12-21;/h2-14,16-18H,1H3;/q-1;. The minimum Gasteiger partial charge on any atom is -0.488 e. The summed E-state index contributed by atoms with van der Waals surface area (Å²) in [6.07, 6.45) is 1.76. The van der Waals surface area contributed by atoms with Crippen molar-refractivity contribution >= 4 is 11.1 Å². The summed E-state index contributed by atoms with van der Waals surface area (Å²) in [4.78, 5) is 4.47. The third-order valence-corrected chi connectivity index (χ3v) is 5.66. The quantitative estimate of drug-likeness (QED) is 0.211. The van der Waals surface area contributed by atoms with Crippen LogP contribution in [0.2, 0.25) is 0 Å². The number of hydrogen-bond donors (Lipinski definition) is 0. The first-order valence-electron chi connectivity index (χ1n) is 10.7. The first kappa shape index (κ1) is 22.0. The molecule has 2 aromatic heterocycles. The molecule has 5 nitrogen and oxygen atoms in total. The van der Waals surface area contributed by atoms with Crippen molar-refractivity contribution in [1.29, 1.82) is 0 Å². The van der Waals surface area contributed by atoms with Gasteiger partial charge in [0, 0.05) is 43.7 Å². The summed E-state index contributed by atoms with van der Waals surface area (Å²) in [5.74, 6) is 1.32. The van der Waals surface area contributed by atoms with Crippen molar-refractivity contribution in [2.45, 2.75) is 6.92 Å². The van der Waals surface area contributed by atoms with Gasteiger partial charge in [-0.25, -0.2) is 4.98 Å². The molecular formula is C28H19IrN4O-. The zero-order valence-corrected chi connectivity index (χ0v) is 20.7.